The first-order valence-electron chi connectivity index (χ1n) is 5.88. The normalized spacial score (nSPS) is 10.0. The Morgan fingerprint density at radius 1 is 1.14 bits per heavy atom. The number of benzene rings is 2. The lowest BCUT2D eigenvalue weighted by Gasteiger charge is -2.07. The number of carbonyl (C=O) groups excluding carboxylic acids is 1. The van der Waals surface area contributed by atoms with Crippen molar-refractivity contribution in [2.24, 2.45) is 0 Å². The summed E-state index contributed by atoms with van der Waals surface area (Å²) in [5, 5.41) is 19.6. The number of nitro benzene ring substituents is 1. The summed E-state index contributed by atoms with van der Waals surface area (Å²) in [6.45, 7) is 0. The van der Waals surface area contributed by atoms with E-state index in [4.69, 9.17) is 9.84 Å². The Bertz CT molecular complexity index is 756. The van der Waals surface area contributed by atoms with Gasteiger partial charge in [-0.05, 0) is 30.3 Å². The van der Waals surface area contributed by atoms with Crippen LogP contribution in [0.1, 0.15) is 20.7 Å². The number of carboxylic acid groups (broad SMARTS) is 1. The average Bonchev–Trinajstić information content (AvgIpc) is 2.48. The Morgan fingerprint density at radius 3 is 2.32 bits per heavy atom. The van der Waals surface area contributed by atoms with E-state index in [0.717, 1.165) is 12.1 Å². The summed E-state index contributed by atoms with van der Waals surface area (Å²) in [4.78, 5) is 33.0. The average molecular weight is 366 g/mol. The van der Waals surface area contributed by atoms with Gasteiger partial charge in [0.05, 0.1) is 10.5 Å². The number of aromatic carboxylic acids is 1. The van der Waals surface area contributed by atoms with Crippen molar-refractivity contribution in [3.05, 3.63) is 68.2 Å². The maximum atomic E-state index is 12.0. The van der Waals surface area contributed by atoms with Gasteiger partial charge in [-0.1, -0.05) is 15.9 Å². The van der Waals surface area contributed by atoms with Gasteiger partial charge in [-0.25, -0.2) is 9.59 Å². The molecule has 0 bridgehead atoms. The summed E-state index contributed by atoms with van der Waals surface area (Å²) in [6, 6.07) is 8.98. The first kappa shape index (κ1) is 15.6. The quantitative estimate of drug-likeness (QED) is 0.385. The van der Waals surface area contributed by atoms with Crippen molar-refractivity contribution in [3.63, 3.8) is 0 Å². The lowest BCUT2D eigenvalue weighted by Crippen LogP contribution is -2.11. The number of carbonyl (C=O) groups is 2. The first-order valence-corrected chi connectivity index (χ1v) is 6.67. The molecule has 0 fully saturated rings. The van der Waals surface area contributed by atoms with Crippen LogP contribution in [0.15, 0.2) is 46.9 Å². The number of hydrogen-bond donors (Lipinski definition) is 1. The Hall–Kier alpha value is -2.74. The highest BCUT2D eigenvalue weighted by atomic mass is 79.9. The second-order valence-electron chi connectivity index (χ2n) is 4.14. The molecule has 2 rings (SSSR count). The van der Waals surface area contributed by atoms with Gasteiger partial charge in [0.2, 0.25) is 0 Å². The molecule has 0 unspecified atom stereocenters. The van der Waals surface area contributed by atoms with Gasteiger partial charge in [-0.15, -0.1) is 0 Å². The van der Waals surface area contributed by atoms with Crippen LogP contribution >= 0.6 is 15.9 Å². The zero-order valence-electron chi connectivity index (χ0n) is 10.9. The summed E-state index contributed by atoms with van der Waals surface area (Å²) in [5.41, 5.74) is -0.263. The lowest BCUT2D eigenvalue weighted by molar-refractivity contribution is -0.384. The van der Waals surface area contributed by atoms with Crippen molar-refractivity contribution in [1.29, 1.82) is 0 Å². The third kappa shape index (κ3) is 3.47. The zero-order valence-corrected chi connectivity index (χ0v) is 12.4. The largest absolute Gasteiger partial charge is 0.478 e. The molecule has 2 aromatic rings. The van der Waals surface area contributed by atoms with Crippen LogP contribution in [0.3, 0.4) is 0 Å². The summed E-state index contributed by atoms with van der Waals surface area (Å²) in [6.07, 6.45) is 0. The van der Waals surface area contributed by atoms with Gasteiger partial charge in [0.25, 0.3) is 5.69 Å². The lowest BCUT2D eigenvalue weighted by atomic mass is 10.2. The molecule has 0 saturated carbocycles. The fourth-order valence-corrected chi connectivity index (χ4v) is 2.00. The van der Waals surface area contributed by atoms with Gasteiger partial charge >= 0.3 is 11.9 Å². The fraction of sp³-hybridized carbons (Fsp3) is 0. The van der Waals surface area contributed by atoms with Gasteiger partial charge < -0.3 is 9.84 Å². The molecule has 112 valence electrons. The second-order valence-corrected chi connectivity index (χ2v) is 5.05. The number of ether oxygens (including phenoxy) is 1. The SMILES string of the molecule is O=C(Oc1ccc(Br)cc1C(=O)O)c1ccc([N+](=O)[O-])cc1. The van der Waals surface area contributed by atoms with Crippen LogP contribution in [0.2, 0.25) is 0 Å². The van der Waals surface area contributed by atoms with Crippen LogP contribution in [0.5, 0.6) is 5.75 Å². The predicted molar refractivity (Wildman–Crippen MR) is 79.2 cm³/mol. The van der Waals surface area contributed by atoms with Gasteiger partial charge in [-0.3, -0.25) is 10.1 Å². The molecule has 8 heteroatoms. The molecular weight excluding hydrogens is 358 g/mol. The molecule has 0 aromatic heterocycles. The monoisotopic (exact) mass is 365 g/mol. The van der Waals surface area contributed by atoms with Crippen molar-refractivity contribution >= 4 is 33.6 Å². The molecule has 0 amide bonds. The Kier molecular flexibility index (Phi) is 4.52. The van der Waals surface area contributed by atoms with E-state index in [0.29, 0.717) is 4.47 Å². The maximum Gasteiger partial charge on any atom is 0.343 e. The fourth-order valence-electron chi connectivity index (χ4n) is 1.64. The molecule has 0 radical (unpaired) electrons. The third-order valence-electron chi connectivity index (χ3n) is 2.69. The van der Waals surface area contributed by atoms with Crippen molar-refractivity contribution in [3.8, 4) is 5.75 Å². The highest BCUT2D eigenvalue weighted by molar-refractivity contribution is 9.10. The number of nitrogens with zero attached hydrogens (tertiary/aromatic N) is 1. The minimum atomic E-state index is -1.24. The van der Waals surface area contributed by atoms with Crippen LogP contribution < -0.4 is 4.74 Å². The van der Waals surface area contributed by atoms with E-state index in [1.165, 1.54) is 30.3 Å². The van der Waals surface area contributed by atoms with Gasteiger partial charge in [-0.2, -0.15) is 0 Å². The number of rotatable bonds is 4. The van der Waals surface area contributed by atoms with E-state index in [1.807, 2.05) is 0 Å². The summed E-state index contributed by atoms with van der Waals surface area (Å²) in [7, 11) is 0. The molecule has 0 aliphatic carbocycles. The smallest absolute Gasteiger partial charge is 0.343 e. The van der Waals surface area contributed by atoms with Gasteiger partial charge in [0.1, 0.15) is 11.3 Å². The summed E-state index contributed by atoms with van der Waals surface area (Å²) >= 11 is 3.13. The molecule has 0 atom stereocenters. The summed E-state index contributed by atoms with van der Waals surface area (Å²) < 4.78 is 5.57. The van der Waals surface area contributed by atoms with Crippen LogP contribution in [-0.2, 0) is 0 Å². The molecule has 1 N–H and O–H groups in total. The number of non-ortho nitro benzene ring substituents is 1. The third-order valence-corrected chi connectivity index (χ3v) is 3.18. The van der Waals surface area contributed by atoms with Crippen LogP contribution in [0.25, 0.3) is 0 Å². The maximum absolute atomic E-state index is 12.0. The van der Waals surface area contributed by atoms with Crippen LogP contribution in [0.4, 0.5) is 5.69 Å². The van der Waals surface area contributed by atoms with E-state index in [-0.39, 0.29) is 22.6 Å². The van der Waals surface area contributed by atoms with Gasteiger partial charge in [0, 0.05) is 16.6 Å². The van der Waals surface area contributed by atoms with Crippen molar-refractivity contribution in [1.82, 2.24) is 0 Å². The van der Waals surface area contributed by atoms with Crippen LogP contribution in [0, 0.1) is 10.1 Å². The Morgan fingerprint density at radius 2 is 1.77 bits per heavy atom. The van der Waals surface area contributed by atoms with E-state index < -0.39 is 16.9 Å². The molecule has 0 saturated heterocycles. The molecule has 22 heavy (non-hydrogen) atoms. The number of halogens is 1. The Balaban J connectivity index is 2.25. The van der Waals surface area contributed by atoms with E-state index in [9.17, 15) is 19.7 Å². The van der Waals surface area contributed by atoms with Crippen LogP contribution in [-0.4, -0.2) is 22.0 Å². The highest BCUT2D eigenvalue weighted by Gasteiger charge is 2.17. The standard InChI is InChI=1S/C14H8BrNO6/c15-9-3-6-12(11(7-9)13(17)18)22-14(19)8-1-4-10(5-2-8)16(20)21/h1-7H,(H,17,18). The highest BCUT2D eigenvalue weighted by Crippen LogP contribution is 2.24. The number of nitro groups is 1. The number of carboxylic acids is 1. The predicted octanol–water partition coefficient (Wildman–Crippen LogP) is 3.27. The Labute approximate surface area is 132 Å². The molecule has 0 aliphatic heterocycles. The number of esters is 1. The second kappa shape index (κ2) is 6.35. The van der Waals surface area contributed by atoms with Crippen molar-refractivity contribution < 1.29 is 24.4 Å². The number of hydrogen-bond acceptors (Lipinski definition) is 5. The van der Waals surface area contributed by atoms with E-state index in [1.54, 1.807) is 0 Å². The molecule has 0 spiro atoms. The molecule has 7 nitrogen and oxygen atoms in total. The molecule has 0 heterocycles. The first-order chi connectivity index (χ1) is 10.4. The summed E-state index contributed by atoms with van der Waals surface area (Å²) in [5.74, 6) is -2.16. The minimum Gasteiger partial charge on any atom is -0.478 e. The van der Waals surface area contributed by atoms with Crippen molar-refractivity contribution in [2.45, 2.75) is 0 Å². The van der Waals surface area contributed by atoms with Crippen molar-refractivity contribution in [2.75, 3.05) is 0 Å². The zero-order chi connectivity index (χ0) is 16.3. The topological polar surface area (TPSA) is 107 Å². The molecular formula is C14H8BrNO6. The minimum absolute atomic E-state index is 0.0739. The van der Waals surface area contributed by atoms with Gasteiger partial charge in [0.15, 0.2) is 0 Å². The molecule has 2 aromatic carbocycles. The van der Waals surface area contributed by atoms with E-state index >= 15 is 0 Å². The molecule has 0 aliphatic rings. The van der Waals surface area contributed by atoms with E-state index in [2.05, 4.69) is 15.9 Å².